The molecule has 0 unspecified atom stereocenters. The molecule has 1 rings (SSSR count). The van der Waals surface area contributed by atoms with Crippen LogP contribution in [-0.4, -0.2) is 11.5 Å². The summed E-state index contributed by atoms with van der Waals surface area (Å²) in [5.41, 5.74) is 0.735. The minimum atomic E-state index is 0.0982. The van der Waals surface area contributed by atoms with Crippen LogP contribution in [0.1, 0.15) is 32.6 Å². The molecule has 60 valence electrons. The van der Waals surface area contributed by atoms with Gasteiger partial charge < -0.3 is 0 Å². The highest BCUT2D eigenvalue weighted by Gasteiger charge is 2.10. The second-order valence-corrected chi connectivity index (χ2v) is 2.71. The SMILES string of the molecule is CCCCCC1=NC=CC1=O. The molecule has 0 saturated heterocycles. The maximum absolute atomic E-state index is 11.0. The maximum Gasteiger partial charge on any atom is 0.201 e. The van der Waals surface area contributed by atoms with Crippen molar-refractivity contribution in [3.63, 3.8) is 0 Å². The van der Waals surface area contributed by atoms with Crippen LogP contribution in [0.2, 0.25) is 0 Å². The fourth-order valence-electron chi connectivity index (χ4n) is 1.08. The van der Waals surface area contributed by atoms with E-state index in [2.05, 4.69) is 11.9 Å². The highest BCUT2D eigenvalue weighted by atomic mass is 16.1. The lowest BCUT2D eigenvalue weighted by atomic mass is 10.1. The first-order valence-corrected chi connectivity index (χ1v) is 4.12. The van der Waals surface area contributed by atoms with E-state index in [9.17, 15) is 4.79 Å². The van der Waals surface area contributed by atoms with Gasteiger partial charge in [0.15, 0.2) is 0 Å². The molecule has 0 atom stereocenters. The number of hydrogen-bond donors (Lipinski definition) is 0. The predicted molar refractivity (Wildman–Crippen MR) is 45.7 cm³/mol. The summed E-state index contributed by atoms with van der Waals surface area (Å²) >= 11 is 0. The van der Waals surface area contributed by atoms with Crippen LogP contribution in [0.25, 0.3) is 0 Å². The summed E-state index contributed by atoms with van der Waals surface area (Å²) in [6.45, 7) is 2.15. The average molecular weight is 151 g/mol. The number of aliphatic imine (C=N–C) groups is 1. The number of carbonyl (C=O) groups is 1. The van der Waals surface area contributed by atoms with E-state index in [-0.39, 0.29) is 5.78 Å². The van der Waals surface area contributed by atoms with Gasteiger partial charge in [0, 0.05) is 12.3 Å². The molecule has 2 nitrogen and oxygen atoms in total. The summed E-state index contributed by atoms with van der Waals surface area (Å²) in [6.07, 6.45) is 7.43. The normalized spacial score (nSPS) is 15.7. The van der Waals surface area contributed by atoms with Crippen LogP contribution in [0.5, 0.6) is 0 Å². The summed E-state index contributed by atoms with van der Waals surface area (Å²) in [7, 11) is 0. The number of carbonyl (C=O) groups excluding carboxylic acids is 1. The highest BCUT2D eigenvalue weighted by molar-refractivity contribution is 6.45. The van der Waals surface area contributed by atoms with Crippen molar-refractivity contribution in [3.8, 4) is 0 Å². The zero-order valence-corrected chi connectivity index (χ0v) is 6.84. The van der Waals surface area contributed by atoms with E-state index in [1.807, 2.05) is 0 Å². The minimum absolute atomic E-state index is 0.0982. The van der Waals surface area contributed by atoms with Gasteiger partial charge in [-0.3, -0.25) is 9.79 Å². The standard InChI is InChI=1S/C9H13NO/c1-2-3-4-5-8-9(11)6-7-10-8/h6-7H,2-5H2,1H3. The van der Waals surface area contributed by atoms with Crippen molar-refractivity contribution in [1.29, 1.82) is 0 Å². The van der Waals surface area contributed by atoms with Gasteiger partial charge in [-0.25, -0.2) is 0 Å². The van der Waals surface area contributed by atoms with Crippen LogP contribution in [0.15, 0.2) is 17.3 Å². The van der Waals surface area contributed by atoms with E-state index < -0.39 is 0 Å². The van der Waals surface area contributed by atoms with Crippen molar-refractivity contribution >= 4 is 11.5 Å². The van der Waals surface area contributed by atoms with E-state index in [1.165, 1.54) is 18.9 Å². The molecule has 1 aliphatic rings. The molecule has 1 heterocycles. The van der Waals surface area contributed by atoms with E-state index in [4.69, 9.17) is 0 Å². The van der Waals surface area contributed by atoms with E-state index in [1.54, 1.807) is 6.20 Å². The Kier molecular flexibility index (Phi) is 3.02. The molecule has 0 radical (unpaired) electrons. The van der Waals surface area contributed by atoms with Gasteiger partial charge in [-0.05, 0) is 12.8 Å². The Bertz CT molecular complexity index is 204. The number of nitrogens with zero attached hydrogens (tertiary/aromatic N) is 1. The van der Waals surface area contributed by atoms with Crippen LogP contribution in [0.4, 0.5) is 0 Å². The average Bonchev–Trinajstić information content (AvgIpc) is 2.37. The molecule has 1 aliphatic heterocycles. The second kappa shape index (κ2) is 4.06. The smallest absolute Gasteiger partial charge is 0.201 e. The number of rotatable bonds is 4. The Morgan fingerprint density at radius 2 is 2.27 bits per heavy atom. The van der Waals surface area contributed by atoms with Crippen molar-refractivity contribution in [2.45, 2.75) is 32.6 Å². The lowest BCUT2D eigenvalue weighted by Gasteiger charge is -1.96. The Morgan fingerprint density at radius 3 is 2.82 bits per heavy atom. The Morgan fingerprint density at radius 1 is 1.45 bits per heavy atom. The molecule has 0 aromatic heterocycles. The van der Waals surface area contributed by atoms with E-state index >= 15 is 0 Å². The summed E-state index contributed by atoms with van der Waals surface area (Å²) in [5.74, 6) is 0.0982. The van der Waals surface area contributed by atoms with Crippen molar-refractivity contribution in [3.05, 3.63) is 12.3 Å². The number of unbranched alkanes of at least 4 members (excludes halogenated alkanes) is 2. The molecule has 2 heteroatoms. The molecule has 0 spiro atoms. The molecule has 0 bridgehead atoms. The van der Waals surface area contributed by atoms with E-state index in [0.29, 0.717) is 0 Å². The maximum atomic E-state index is 11.0. The summed E-state index contributed by atoms with van der Waals surface area (Å²) < 4.78 is 0. The number of hydrogen-bond acceptors (Lipinski definition) is 2. The fourth-order valence-corrected chi connectivity index (χ4v) is 1.08. The monoisotopic (exact) mass is 151 g/mol. The second-order valence-electron chi connectivity index (χ2n) is 2.71. The van der Waals surface area contributed by atoms with Crippen LogP contribution >= 0.6 is 0 Å². The first-order chi connectivity index (χ1) is 5.34. The largest absolute Gasteiger partial charge is 0.288 e. The Hall–Kier alpha value is -0.920. The van der Waals surface area contributed by atoms with Gasteiger partial charge in [0.1, 0.15) is 0 Å². The zero-order valence-electron chi connectivity index (χ0n) is 6.84. The minimum Gasteiger partial charge on any atom is -0.288 e. The molecular weight excluding hydrogens is 138 g/mol. The van der Waals surface area contributed by atoms with Crippen molar-refractivity contribution in [2.75, 3.05) is 0 Å². The van der Waals surface area contributed by atoms with Crippen LogP contribution < -0.4 is 0 Å². The predicted octanol–water partition coefficient (Wildman–Crippen LogP) is 2.10. The molecule has 0 N–H and O–H groups in total. The van der Waals surface area contributed by atoms with Crippen LogP contribution in [0, 0.1) is 0 Å². The number of ketones is 1. The summed E-state index contributed by atoms with van der Waals surface area (Å²) in [5, 5.41) is 0. The van der Waals surface area contributed by atoms with Crippen molar-refractivity contribution < 1.29 is 4.79 Å². The zero-order chi connectivity index (χ0) is 8.10. The van der Waals surface area contributed by atoms with Crippen LogP contribution in [0.3, 0.4) is 0 Å². The Balaban J connectivity index is 2.23. The molecular formula is C9H13NO. The number of allylic oxidation sites excluding steroid dienone is 1. The van der Waals surface area contributed by atoms with Gasteiger partial charge >= 0.3 is 0 Å². The third kappa shape index (κ3) is 2.30. The van der Waals surface area contributed by atoms with Gasteiger partial charge in [0.05, 0.1) is 5.71 Å². The van der Waals surface area contributed by atoms with E-state index in [0.717, 1.165) is 18.6 Å². The van der Waals surface area contributed by atoms with Crippen LogP contribution in [-0.2, 0) is 4.79 Å². The highest BCUT2D eigenvalue weighted by Crippen LogP contribution is 2.06. The molecule has 0 aromatic carbocycles. The quantitative estimate of drug-likeness (QED) is 0.566. The molecule has 0 saturated carbocycles. The van der Waals surface area contributed by atoms with Gasteiger partial charge in [0.25, 0.3) is 0 Å². The first-order valence-electron chi connectivity index (χ1n) is 4.12. The fraction of sp³-hybridized carbons (Fsp3) is 0.556. The molecule has 0 aliphatic carbocycles. The lowest BCUT2D eigenvalue weighted by molar-refractivity contribution is -0.108. The Labute approximate surface area is 67.0 Å². The van der Waals surface area contributed by atoms with Crippen molar-refractivity contribution in [1.82, 2.24) is 0 Å². The van der Waals surface area contributed by atoms with Crippen molar-refractivity contribution in [2.24, 2.45) is 4.99 Å². The molecule has 0 aromatic rings. The van der Waals surface area contributed by atoms with Gasteiger partial charge in [0.2, 0.25) is 5.78 Å². The van der Waals surface area contributed by atoms with Gasteiger partial charge in [-0.15, -0.1) is 0 Å². The molecule has 0 fully saturated rings. The van der Waals surface area contributed by atoms with Gasteiger partial charge in [-0.1, -0.05) is 19.8 Å². The molecule has 0 amide bonds. The molecule has 11 heavy (non-hydrogen) atoms. The third-order valence-electron chi connectivity index (χ3n) is 1.76. The van der Waals surface area contributed by atoms with Gasteiger partial charge in [-0.2, -0.15) is 0 Å². The summed E-state index contributed by atoms with van der Waals surface area (Å²) in [6, 6.07) is 0. The third-order valence-corrected chi connectivity index (χ3v) is 1.76. The summed E-state index contributed by atoms with van der Waals surface area (Å²) in [4.78, 5) is 14.9. The lowest BCUT2D eigenvalue weighted by Crippen LogP contribution is -2.06. The first kappa shape index (κ1) is 8.18. The topological polar surface area (TPSA) is 29.4 Å².